The molecule has 0 amide bonds. The first-order valence-electron chi connectivity index (χ1n) is 5.64. The number of benzene rings is 1. The summed E-state index contributed by atoms with van der Waals surface area (Å²) < 4.78 is 5.30. The number of aliphatic carboxylic acids is 1. The number of ether oxygens (including phenoxy) is 1. The number of carboxylic acids is 1. The highest BCUT2D eigenvalue weighted by atomic mass is 16.5. The minimum atomic E-state index is -0.841. The van der Waals surface area contributed by atoms with E-state index >= 15 is 0 Å². The van der Waals surface area contributed by atoms with Crippen LogP contribution in [0.1, 0.15) is 24.5 Å². The molecule has 94 valence electrons. The lowest BCUT2D eigenvalue weighted by atomic mass is 10.1. The van der Waals surface area contributed by atoms with Crippen LogP contribution in [0.25, 0.3) is 0 Å². The molecule has 0 fully saturated rings. The monoisotopic (exact) mass is 237 g/mol. The summed E-state index contributed by atoms with van der Waals surface area (Å²) in [5.41, 5.74) is 2.79. The summed E-state index contributed by atoms with van der Waals surface area (Å²) in [6.45, 7) is 5.72. The van der Waals surface area contributed by atoms with Crippen molar-refractivity contribution in [2.75, 3.05) is 12.4 Å². The van der Waals surface area contributed by atoms with Gasteiger partial charge in [-0.2, -0.15) is 0 Å². The molecule has 1 rings (SSSR count). The Kier molecular flexibility index (Phi) is 4.37. The Balaban J connectivity index is 3.03. The number of carboxylic acid groups (broad SMARTS) is 1. The van der Waals surface area contributed by atoms with Gasteiger partial charge in [-0.25, -0.2) is 4.79 Å². The molecular weight excluding hydrogens is 218 g/mol. The quantitative estimate of drug-likeness (QED) is 0.826. The third kappa shape index (κ3) is 2.90. The molecule has 0 heterocycles. The maximum absolute atomic E-state index is 11.0. The Morgan fingerprint density at radius 3 is 2.59 bits per heavy atom. The number of anilines is 1. The lowest BCUT2D eigenvalue weighted by molar-refractivity contribution is -0.137. The standard InChI is InChI=1S/C13H19NO3/c1-5-10(13(15)16)14-11-7-6-8(2)12(17-4)9(11)3/h6-7,10,14H,5H2,1-4H3,(H,15,16). The Morgan fingerprint density at radius 1 is 1.47 bits per heavy atom. The van der Waals surface area contributed by atoms with Crippen molar-refractivity contribution in [2.45, 2.75) is 33.2 Å². The van der Waals surface area contributed by atoms with Crippen LogP contribution in [-0.2, 0) is 4.79 Å². The summed E-state index contributed by atoms with van der Waals surface area (Å²) in [7, 11) is 1.62. The van der Waals surface area contributed by atoms with E-state index in [0.29, 0.717) is 6.42 Å². The van der Waals surface area contributed by atoms with Crippen LogP contribution in [0.15, 0.2) is 12.1 Å². The van der Waals surface area contributed by atoms with Crippen LogP contribution in [0.5, 0.6) is 5.75 Å². The van der Waals surface area contributed by atoms with E-state index < -0.39 is 12.0 Å². The van der Waals surface area contributed by atoms with Crippen molar-refractivity contribution in [3.8, 4) is 5.75 Å². The largest absolute Gasteiger partial charge is 0.496 e. The lowest BCUT2D eigenvalue weighted by Gasteiger charge is -2.18. The van der Waals surface area contributed by atoms with Gasteiger partial charge >= 0.3 is 5.97 Å². The summed E-state index contributed by atoms with van der Waals surface area (Å²) in [4.78, 5) is 11.0. The van der Waals surface area contributed by atoms with E-state index in [1.807, 2.05) is 32.9 Å². The zero-order valence-corrected chi connectivity index (χ0v) is 10.7. The van der Waals surface area contributed by atoms with Crippen molar-refractivity contribution in [3.63, 3.8) is 0 Å². The molecule has 0 spiro atoms. The second-order valence-corrected chi connectivity index (χ2v) is 4.03. The molecule has 1 atom stereocenters. The van der Waals surface area contributed by atoms with Crippen molar-refractivity contribution >= 4 is 11.7 Å². The lowest BCUT2D eigenvalue weighted by Crippen LogP contribution is -2.28. The van der Waals surface area contributed by atoms with Crippen molar-refractivity contribution < 1.29 is 14.6 Å². The fraction of sp³-hybridized carbons (Fsp3) is 0.462. The molecular formula is C13H19NO3. The highest BCUT2D eigenvalue weighted by Crippen LogP contribution is 2.29. The van der Waals surface area contributed by atoms with Gasteiger partial charge in [0.1, 0.15) is 11.8 Å². The number of nitrogens with one attached hydrogen (secondary N) is 1. The number of rotatable bonds is 5. The van der Waals surface area contributed by atoms with Crippen molar-refractivity contribution in [1.82, 2.24) is 0 Å². The molecule has 0 aliphatic heterocycles. The molecule has 0 saturated carbocycles. The van der Waals surface area contributed by atoms with E-state index in [9.17, 15) is 4.79 Å². The average Bonchev–Trinajstić information content (AvgIpc) is 2.28. The normalized spacial score (nSPS) is 12.0. The first-order chi connectivity index (χ1) is 8.01. The van der Waals surface area contributed by atoms with Gasteiger partial charge in [-0.1, -0.05) is 13.0 Å². The molecule has 0 aromatic heterocycles. The maximum atomic E-state index is 11.0. The van der Waals surface area contributed by atoms with Crippen LogP contribution in [-0.4, -0.2) is 24.2 Å². The van der Waals surface area contributed by atoms with Crippen LogP contribution in [0.2, 0.25) is 0 Å². The van der Waals surface area contributed by atoms with Crippen LogP contribution < -0.4 is 10.1 Å². The second-order valence-electron chi connectivity index (χ2n) is 4.03. The van der Waals surface area contributed by atoms with Gasteiger partial charge in [-0.3, -0.25) is 0 Å². The van der Waals surface area contributed by atoms with Crippen LogP contribution in [0.3, 0.4) is 0 Å². The predicted octanol–water partition coefficient (Wildman–Crippen LogP) is 2.59. The fourth-order valence-corrected chi connectivity index (χ4v) is 1.82. The summed E-state index contributed by atoms with van der Waals surface area (Å²) in [6.07, 6.45) is 0.533. The minimum Gasteiger partial charge on any atom is -0.496 e. The van der Waals surface area contributed by atoms with Gasteiger partial charge in [0, 0.05) is 11.3 Å². The summed E-state index contributed by atoms with van der Waals surface area (Å²) in [6, 6.07) is 3.24. The van der Waals surface area contributed by atoms with Crippen LogP contribution in [0.4, 0.5) is 5.69 Å². The van der Waals surface area contributed by atoms with Crippen molar-refractivity contribution in [3.05, 3.63) is 23.3 Å². The summed E-state index contributed by atoms with van der Waals surface area (Å²) in [5.74, 6) is -0.0401. The molecule has 0 aliphatic carbocycles. The van der Waals surface area contributed by atoms with E-state index in [0.717, 1.165) is 22.6 Å². The molecule has 2 N–H and O–H groups in total. The molecule has 1 unspecified atom stereocenters. The first kappa shape index (κ1) is 13.4. The number of methoxy groups -OCH3 is 1. The third-order valence-electron chi connectivity index (χ3n) is 2.84. The minimum absolute atomic E-state index is 0.533. The average molecular weight is 237 g/mol. The van der Waals surface area contributed by atoms with E-state index in [4.69, 9.17) is 9.84 Å². The molecule has 0 saturated heterocycles. The van der Waals surface area contributed by atoms with Gasteiger partial charge in [-0.15, -0.1) is 0 Å². The zero-order valence-electron chi connectivity index (χ0n) is 10.7. The molecule has 0 aliphatic rings. The number of hydrogen-bond donors (Lipinski definition) is 2. The fourth-order valence-electron chi connectivity index (χ4n) is 1.82. The highest BCUT2D eigenvalue weighted by molar-refractivity contribution is 5.78. The highest BCUT2D eigenvalue weighted by Gasteiger charge is 2.16. The van der Waals surface area contributed by atoms with Crippen molar-refractivity contribution in [1.29, 1.82) is 0 Å². The van der Waals surface area contributed by atoms with Gasteiger partial charge in [0.05, 0.1) is 7.11 Å². The van der Waals surface area contributed by atoms with Crippen LogP contribution in [0, 0.1) is 13.8 Å². The summed E-state index contributed by atoms with van der Waals surface area (Å²) in [5, 5.41) is 12.0. The molecule has 0 bridgehead atoms. The Bertz CT molecular complexity index is 415. The van der Waals surface area contributed by atoms with Gasteiger partial charge in [-0.05, 0) is 31.9 Å². The topological polar surface area (TPSA) is 58.6 Å². The Labute approximate surface area is 102 Å². The number of carbonyl (C=O) groups is 1. The third-order valence-corrected chi connectivity index (χ3v) is 2.84. The maximum Gasteiger partial charge on any atom is 0.326 e. The SMILES string of the molecule is CCC(Nc1ccc(C)c(OC)c1C)C(=O)O. The Morgan fingerprint density at radius 2 is 2.12 bits per heavy atom. The van der Waals surface area contributed by atoms with E-state index in [-0.39, 0.29) is 0 Å². The zero-order chi connectivity index (χ0) is 13.0. The molecule has 4 nitrogen and oxygen atoms in total. The molecule has 4 heteroatoms. The predicted molar refractivity (Wildman–Crippen MR) is 67.8 cm³/mol. The van der Waals surface area contributed by atoms with Crippen molar-refractivity contribution in [2.24, 2.45) is 0 Å². The van der Waals surface area contributed by atoms with Gasteiger partial charge in [0.2, 0.25) is 0 Å². The molecule has 1 aromatic carbocycles. The molecule has 17 heavy (non-hydrogen) atoms. The smallest absolute Gasteiger partial charge is 0.326 e. The van der Waals surface area contributed by atoms with E-state index in [1.54, 1.807) is 7.11 Å². The first-order valence-corrected chi connectivity index (χ1v) is 5.64. The van der Waals surface area contributed by atoms with Gasteiger partial charge in [0.15, 0.2) is 0 Å². The number of aryl methyl sites for hydroxylation is 1. The Hall–Kier alpha value is -1.71. The molecule has 0 radical (unpaired) electrons. The van der Waals surface area contributed by atoms with E-state index in [2.05, 4.69) is 5.32 Å². The second kappa shape index (κ2) is 5.57. The van der Waals surface area contributed by atoms with Gasteiger partial charge < -0.3 is 15.2 Å². The summed E-state index contributed by atoms with van der Waals surface area (Å²) >= 11 is 0. The van der Waals surface area contributed by atoms with E-state index in [1.165, 1.54) is 0 Å². The molecule has 1 aromatic rings. The number of hydrogen-bond acceptors (Lipinski definition) is 3. The van der Waals surface area contributed by atoms with Crippen LogP contribution >= 0.6 is 0 Å². The van der Waals surface area contributed by atoms with Gasteiger partial charge in [0.25, 0.3) is 0 Å².